The van der Waals surface area contributed by atoms with Crippen LogP contribution in [0.25, 0.3) is 28.0 Å². The molecular formula is C18H12FN3O. The number of fused-ring (bicyclic) bond motifs is 1. The number of nitrogens with one attached hydrogen (secondary N) is 1. The zero-order valence-corrected chi connectivity index (χ0v) is 12.0. The van der Waals surface area contributed by atoms with Crippen LogP contribution in [0.15, 0.2) is 71.7 Å². The summed E-state index contributed by atoms with van der Waals surface area (Å²) in [6, 6.07) is 17.1. The van der Waals surface area contributed by atoms with Gasteiger partial charge in [-0.1, -0.05) is 42.5 Å². The predicted molar refractivity (Wildman–Crippen MR) is 86.6 cm³/mol. The van der Waals surface area contributed by atoms with Gasteiger partial charge in [0, 0.05) is 23.4 Å². The first kappa shape index (κ1) is 13.5. The number of aromatic amines is 1. The molecule has 2 heterocycles. The molecule has 5 heteroatoms. The molecule has 23 heavy (non-hydrogen) atoms. The van der Waals surface area contributed by atoms with Crippen molar-refractivity contribution in [3.63, 3.8) is 0 Å². The fourth-order valence-electron chi connectivity index (χ4n) is 2.58. The maximum Gasteiger partial charge on any atom is 0.273 e. The van der Waals surface area contributed by atoms with Gasteiger partial charge in [0.25, 0.3) is 5.56 Å². The molecule has 0 atom stereocenters. The Bertz CT molecular complexity index is 1030. The lowest BCUT2D eigenvalue weighted by Crippen LogP contribution is -2.14. The van der Waals surface area contributed by atoms with Crippen LogP contribution in [0.1, 0.15) is 0 Å². The van der Waals surface area contributed by atoms with E-state index in [9.17, 15) is 9.18 Å². The van der Waals surface area contributed by atoms with Crippen LogP contribution in [0.2, 0.25) is 0 Å². The number of hydrogen-bond donors (Lipinski definition) is 1. The maximum absolute atomic E-state index is 13.1. The Balaban J connectivity index is 1.96. The van der Waals surface area contributed by atoms with Crippen LogP contribution in [-0.2, 0) is 0 Å². The lowest BCUT2D eigenvalue weighted by atomic mass is 10.1. The van der Waals surface area contributed by atoms with E-state index in [0.717, 1.165) is 16.7 Å². The smallest absolute Gasteiger partial charge is 0.273 e. The maximum atomic E-state index is 13.1. The molecule has 0 saturated heterocycles. The Kier molecular flexibility index (Phi) is 3.05. The minimum Gasteiger partial charge on any atom is -0.296 e. The Hall–Kier alpha value is -3.21. The van der Waals surface area contributed by atoms with E-state index in [1.165, 1.54) is 22.7 Å². The molecule has 0 saturated carbocycles. The van der Waals surface area contributed by atoms with Crippen LogP contribution >= 0.6 is 0 Å². The molecule has 0 fully saturated rings. The summed E-state index contributed by atoms with van der Waals surface area (Å²) in [6.07, 6.45) is 1.70. The van der Waals surface area contributed by atoms with Gasteiger partial charge in [0.2, 0.25) is 0 Å². The van der Waals surface area contributed by atoms with E-state index in [1.807, 2.05) is 30.3 Å². The van der Waals surface area contributed by atoms with Crippen molar-refractivity contribution in [3.8, 4) is 22.4 Å². The van der Waals surface area contributed by atoms with Gasteiger partial charge in [-0.15, -0.1) is 0 Å². The minimum atomic E-state index is -0.302. The van der Waals surface area contributed by atoms with Gasteiger partial charge >= 0.3 is 0 Å². The zero-order valence-electron chi connectivity index (χ0n) is 12.0. The van der Waals surface area contributed by atoms with Gasteiger partial charge in [0.05, 0.1) is 5.69 Å². The van der Waals surface area contributed by atoms with Gasteiger partial charge in [-0.25, -0.2) is 13.9 Å². The third kappa shape index (κ3) is 2.32. The van der Waals surface area contributed by atoms with Crippen molar-refractivity contribution in [2.24, 2.45) is 0 Å². The molecule has 4 nitrogen and oxygen atoms in total. The van der Waals surface area contributed by atoms with Crippen molar-refractivity contribution >= 4 is 5.65 Å². The van der Waals surface area contributed by atoms with E-state index in [1.54, 1.807) is 18.3 Å². The van der Waals surface area contributed by atoms with Crippen molar-refractivity contribution < 1.29 is 4.39 Å². The summed E-state index contributed by atoms with van der Waals surface area (Å²) in [5.74, 6) is -0.302. The third-order valence-corrected chi connectivity index (χ3v) is 3.72. The molecular weight excluding hydrogens is 293 g/mol. The van der Waals surface area contributed by atoms with Crippen molar-refractivity contribution in [2.45, 2.75) is 0 Å². The quantitative estimate of drug-likeness (QED) is 0.616. The average molecular weight is 305 g/mol. The summed E-state index contributed by atoms with van der Waals surface area (Å²) in [6.45, 7) is 0. The Labute approximate surface area is 130 Å². The second-order valence-corrected chi connectivity index (χ2v) is 5.20. The lowest BCUT2D eigenvalue weighted by Gasteiger charge is -2.03. The highest BCUT2D eigenvalue weighted by Gasteiger charge is 2.11. The first-order valence-electron chi connectivity index (χ1n) is 7.15. The molecule has 0 radical (unpaired) electrons. The van der Waals surface area contributed by atoms with Gasteiger partial charge < -0.3 is 0 Å². The first-order chi connectivity index (χ1) is 11.2. The van der Waals surface area contributed by atoms with E-state index >= 15 is 0 Å². The topological polar surface area (TPSA) is 50.2 Å². The molecule has 0 unspecified atom stereocenters. The van der Waals surface area contributed by atoms with Gasteiger partial charge in [0.1, 0.15) is 5.82 Å². The summed E-state index contributed by atoms with van der Waals surface area (Å²) in [5.41, 5.74) is 3.35. The van der Waals surface area contributed by atoms with Crippen LogP contribution in [-0.4, -0.2) is 14.6 Å². The fourth-order valence-corrected chi connectivity index (χ4v) is 2.58. The van der Waals surface area contributed by atoms with E-state index in [4.69, 9.17) is 0 Å². The van der Waals surface area contributed by atoms with Crippen molar-refractivity contribution in [2.75, 3.05) is 0 Å². The van der Waals surface area contributed by atoms with E-state index in [2.05, 4.69) is 10.1 Å². The summed E-state index contributed by atoms with van der Waals surface area (Å²) in [7, 11) is 0. The number of hydrogen-bond acceptors (Lipinski definition) is 2. The molecule has 0 aliphatic heterocycles. The molecule has 0 amide bonds. The standard InChI is InChI=1S/C18H12FN3O/c19-14-8-6-12(7-9-14)15-11-20-22-17(23)10-16(21-18(15)22)13-4-2-1-3-5-13/h1-11,20H. The molecule has 2 aromatic carbocycles. The largest absolute Gasteiger partial charge is 0.296 e. The average Bonchev–Trinajstić information content (AvgIpc) is 3.01. The molecule has 2 aromatic heterocycles. The summed E-state index contributed by atoms with van der Waals surface area (Å²) in [5, 5.41) is 2.90. The van der Waals surface area contributed by atoms with Crippen molar-refractivity contribution in [3.05, 3.63) is 83.0 Å². The van der Waals surface area contributed by atoms with Crippen LogP contribution in [0, 0.1) is 5.82 Å². The Morgan fingerprint density at radius 2 is 1.70 bits per heavy atom. The normalized spacial score (nSPS) is 11.0. The zero-order chi connectivity index (χ0) is 15.8. The van der Waals surface area contributed by atoms with Gasteiger partial charge in [-0.3, -0.25) is 9.89 Å². The molecule has 4 aromatic rings. The van der Waals surface area contributed by atoms with E-state index in [0.29, 0.717) is 11.3 Å². The number of rotatable bonds is 2. The Morgan fingerprint density at radius 3 is 2.43 bits per heavy atom. The second-order valence-electron chi connectivity index (χ2n) is 5.20. The van der Waals surface area contributed by atoms with Gasteiger partial charge in [-0.05, 0) is 17.7 Å². The van der Waals surface area contributed by atoms with E-state index in [-0.39, 0.29) is 11.4 Å². The predicted octanol–water partition coefficient (Wildman–Crippen LogP) is 3.50. The highest BCUT2D eigenvalue weighted by molar-refractivity contribution is 5.78. The van der Waals surface area contributed by atoms with Gasteiger partial charge in [0.15, 0.2) is 5.65 Å². The minimum absolute atomic E-state index is 0.192. The molecule has 0 aliphatic carbocycles. The van der Waals surface area contributed by atoms with E-state index < -0.39 is 0 Å². The lowest BCUT2D eigenvalue weighted by molar-refractivity contribution is 0.628. The molecule has 4 rings (SSSR count). The van der Waals surface area contributed by atoms with Crippen LogP contribution in [0.4, 0.5) is 4.39 Å². The molecule has 1 N–H and O–H groups in total. The first-order valence-corrected chi connectivity index (χ1v) is 7.15. The van der Waals surface area contributed by atoms with Crippen LogP contribution in [0.3, 0.4) is 0 Å². The highest BCUT2D eigenvalue weighted by Crippen LogP contribution is 2.24. The fraction of sp³-hybridized carbons (Fsp3) is 0. The summed E-state index contributed by atoms with van der Waals surface area (Å²) >= 11 is 0. The Morgan fingerprint density at radius 1 is 0.957 bits per heavy atom. The molecule has 0 bridgehead atoms. The van der Waals surface area contributed by atoms with Crippen LogP contribution in [0.5, 0.6) is 0 Å². The second kappa shape index (κ2) is 5.21. The molecule has 0 aliphatic rings. The summed E-state index contributed by atoms with van der Waals surface area (Å²) < 4.78 is 14.5. The number of nitrogens with zero attached hydrogens (tertiary/aromatic N) is 2. The molecule has 0 spiro atoms. The van der Waals surface area contributed by atoms with Gasteiger partial charge in [-0.2, -0.15) is 0 Å². The van der Waals surface area contributed by atoms with Crippen LogP contribution < -0.4 is 5.56 Å². The number of H-pyrrole nitrogens is 1. The number of benzene rings is 2. The summed E-state index contributed by atoms with van der Waals surface area (Å²) in [4.78, 5) is 16.9. The van der Waals surface area contributed by atoms with Crippen molar-refractivity contribution in [1.29, 1.82) is 0 Å². The number of halogens is 1. The highest BCUT2D eigenvalue weighted by atomic mass is 19.1. The monoisotopic (exact) mass is 305 g/mol. The van der Waals surface area contributed by atoms with Crippen molar-refractivity contribution in [1.82, 2.24) is 14.6 Å². The number of aromatic nitrogens is 3. The SMILES string of the molecule is O=c1cc(-c2ccccc2)nc2c(-c3ccc(F)cc3)c[nH]n12. The molecule has 112 valence electrons. The third-order valence-electron chi connectivity index (χ3n) is 3.72.